The third kappa shape index (κ3) is 3.55. The lowest BCUT2D eigenvalue weighted by Gasteiger charge is -2.14. The summed E-state index contributed by atoms with van der Waals surface area (Å²) in [5.41, 5.74) is 3.36. The van der Waals surface area contributed by atoms with Crippen LogP contribution in [0.4, 0.5) is 0 Å². The Balaban J connectivity index is 1.54. The summed E-state index contributed by atoms with van der Waals surface area (Å²) >= 11 is 1.70. The number of tetrazole rings is 1. The molecular weight excluding hydrogens is 296 g/mol. The van der Waals surface area contributed by atoms with Crippen molar-refractivity contribution in [2.24, 2.45) is 0 Å². The third-order valence-corrected chi connectivity index (χ3v) is 4.33. The van der Waals surface area contributed by atoms with Gasteiger partial charge in [0.15, 0.2) is 0 Å². The molecule has 7 heteroatoms. The van der Waals surface area contributed by atoms with Crippen LogP contribution in [-0.4, -0.2) is 31.7 Å². The van der Waals surface area contributed by atoms with E-state index in [1.54, 1.807) is 22.3 Å². The molecule has 0 aliphatic carbocycles. The first-order chi connectivity index (χ1) is 10.7. The molecule has 1 N–H and O–H groups in total. The zero-order valence-electron chi connectivity index (χ0n) is 12.6. The van der Waals surface area contributed by atoms with Crippen LogP contribution in [0.15, 0.2) is 36.0 Å². The number of aryl methyl sites for hydroxylation is 1. The van der Waals surface area contributed by atoms with Crippen LogP contribution in [0.2, 0.25) is 0 Å². The highest BCUT2D eigenvalue weighted by molar-refractivity contribution is 7.09. The molecule has 1 unspecified atom stereocenters. The van der Waals surface area contributed by atoms with E-state index in [-0.39, 0.29) is 0 Å². The minimum Gasteiger partial charge on any atom is -0.310 e. The van der Waals surface area contributed by atoms with Gasteiger partial charge in [-0.2, -0.15) is 0 Å². The molecule has 0 spiro atoms. The van der Waals surface area contributed by atoms with E-state index in [0.29, 0.717) is 6.04 Å². The Kier molecular flexibility index (Phi) is 4.55. The van der Waals surface area contributed by atoms with Crippen molar-refractivity contribution >= 4 is 11.3 Å². The van der Waals surface area contributed by atoms with Gasteiger partial charge in [0, 0.05) is 24.4 Å². The van der Waals surface area contributed by atoms with Crippen LogP contribution in [0.5, 0.6) is 0 Å². The zero-order chi connectivity index (χ0) is 15.4. The summed E-state index contributed by atoms with van der Waals surface area (Å²) in [5, 5.41) is 17.9. The summed E-state index contributed by atoms with van der Waals surface area (Å²) in [6.07, 6.45) is 2.55. The number of nitrogens with zero attached hydrogens (tertiary/aromatic N) is 5. The van der Waals surface area contributed by atoms with Crippen LogP contribution in [0, 0.1) is 6.92 Å². The van der Waals surface area contributed by atoms with Crippen LogP contribution >= 0.6 is 11.3 Å². The zero-order valence-corrected chi connectivity index (χ0v) is 13.4. The van der Waals surface area contributed by atoms with Gasteiger partial charge in [0.25, 0.3) is 0 Å². The fourth-order valence-corrected chi connectivity index (χ4v) is 2.90. The van der Waals surface area contributed by atoms with Gasteiger partial charge >= 0.3 is 0 Å². The molecule has 0 radical (unpaired) electrons. The summed E-state index contributed by atoms with van der Waals surface area (Å²) < 4.78 is 1.65. The van der Waals surface area contributed by atoms with Gasteiger partial charge in [-0.05, 0) is 42.0 Å². The number of benzene rings is 1. The molecule has 3 aromatic rings. The number of aromatic nitrogens is 5. The molecular formula is C15H18N6S. The molecule has 0 aliphatic rings. The van der Waals surface area contributed by atoms with E-state index in [4.69, 9.17) is 0 Å². The normalized spacial score (nSPS) is 12.5. The second-order valence-corrected chi connectivity index (χ2v) is 6.19. The van der Waals surface area contributed by atoms with E-state index in [1.165, 1.54) is 5.56 Å². The Morgan fingerprint density at radius 3 is 2.73 bits per heavy atom. The standard InChI is InChI=1S/C15H18N6S/c1-11(16-8-7-14-9-22-12(2)18-14)13-3-5-15(6-4-13)21-10-17-19-20-21/h3-6,9-11,16H,7-8H2,1-2H3. The molecule has 2 aromatic heterocycles. The summed E-state index contributed by atoms with van der Waals surface area (Å²) in [6, 6.07) is 8.53. The van der Waals surface area contributed by atoms with E-state index in [1.807, 2.05) is 19.1 Å². The first kappa shape index (κ1) is 14.8. The molecule has 22 heavy (non-hydrogen) atoms. The summed E-state index contributed by atoms with van der Waals surface area (Å²) in [7, 11) is 0. The highest BCUT2D eigenvalue weighted by atomic mass is 32.1. The molecule has 0 saturated heterocycles. The highest BCUT2D eigenvalue weighted by Gasteiger charge is 2.06. The Labute approximate surface area is 133 Å². The molecule has 0 aliphatic heterocycles. The monoisotopic (exact) mass is 314 g/mol. The predicted molar refractivity (Wildman–Crippen MR) is 86.1 cm³/mol. The van der Waals surface area contributed by atoms with Crippen molar-refractivity contribution in [3.8, 4) is 5.69 Å². The molecule has 0 bridgehead atoms. The SMILES string of the molecule is Cc1nc(CCNC(C)c2ccc(-n3cnnn3)cc2)cs1. The smallest absolute Gasteiger partial charge is 0.143 e. The number of hydrogen-bond acceptors (Lipinski definition) is 6. The van der Waals surface area contributed by atoms with E-state index < -0.39 is 0 Å². The molecule has 3 rings (SSSR count). The quantitative estimate of drug-likeness (QED) is 0.756. The van der Waals surface area contributed by atoms with Crippen molar-refractivity contribution in [3.05, 3.63) is 52.2 Å². The maximum Gasteiger partial charge on any atom is 0.143 e. The lowest BCUT2D eigenvalue weighted by Crippen LogP contribution is -2.21. The third-order valence-electron chi connectivity index (χ3n) is 3.50. The van der Waals surface area contributed by atoms with E-state index in [2.05, 4.69) is 50.3 Å². The summed E-state index contributed by atoms with van der Waals surface area (Å²) in [5.74, 6) is 0. The largest absolute Gasteiger partial charge is 0.310 e. The molecule has 1 atom stereocenters. The Hall–Kier alpha value is -2.12. The predicted octanol–water partition coefficient (Wildman–Crippen LogP) is 2.32. The maximum absolute atomic E-state index is 4.48. The fourth-order valence-electron chi connectivity index (χ4n) is 2.25. The first-order valence-corrected chi connectivity index (χ1v) is 8.08. The van der Waals surface area contributed by atoms with Gasteiger partial charge in [-0.25, -0.2) is 9.67 Å². The molecule has 6 nitrogen and oxygen atoms in total. The van der Waals surface area contributed by atoms with E-state index in [9.17, 15) is 0 Å². The highest BCUT2D eigenvalue weighted by Crippen LogP contribution is 2.15. The van der Waals surface area contributed by atoms with Gasteiger partial charge in [0.1, 0.15) is 6.33 Å². The van der Waals surface area contributed by atoms with Crippen molar-refractivity contribution in [3.63, 3.8) is 0 Å². The minimum atomic E-state index is 0.294. The number of thiazole rings is 1. The molecule has 0 amide bonds. The van der Waals surface area contributed by atoms with Gasteiger partial charge in [-0.1, -0.05) is 12.1 Å². The van der Waals surface area contributed by atoms with Gasteiger partial charge in [-0.3, -0.25) is 0 Å². The lowest BCUT2D eigenvalue weighted by molar-refractivity contribution is 0.574. The van der Waals surface area contributed by atoms with Gasteiger partial charge in [-0.15, -0.1) is 16.4 Å². The molecule has 1 aromatic carbocycles. The van der Waals surface area contributed by atoms with Crippen LogP contribution < -0.4 is 5.32 Å². The molecule has 0 saturated carbocycles. The van der Waals surface area contributed by atoms with Gasteiger partial charge < -0.3 is 5.32 Å². The van der Waals surface area contributed by atoms with Crippen LogP contribution in [-0.2, 0) is 6.42 Å². The Bertz CT molecular complexity index is 704. The molecule has 114 valence electrons. The van der Waals surface area contributed by atoms with E-state index in [0.717, 1.165) is 29.4 Å². The summed E-state index contributed by atoms with van der Waals surface area (Å²) in [6.45, 7) is 5.12. The molecule has 0 fully saturated rings. The van der Waals surface area contributed by atoms with Gasteiger partial charge in [0.2, 0.25) is 0 Å². The van der Waals surface area contributed by atoms with Gasteiger partial charge in [0.05, 0.1) is 16.4 Å². The average molecular weight is 314 g/mol. The van der Waals surface area contributed by atoms with Crippen LogP contribution in [0.3, 0.4) is 0 Å². The first-order valence-electron chi connectivity index (χ1n) is 7.20. The van der Waals surface area contributed by atoms with Crippen molar-refractivity contribution in [1.82, 2.24) is 30.5 Å². The van der Waals surface area contributed by atoms with Crippen molar-refractivity contribution in [2.45, 2.75) is 26.3 Å². The fraction of sp³-hybridized carbons (Fsp3) is 0.333. The number of rotatable bonds is 6. The number of hydrogen-bond donors (Lipinski definition) is 1. The van der Waals surface area contributed by atoms with Crippen LogP contribution in [0.25, 0.3) is 5.69 Å². The minimum absolute atomic E-state index is 0.294. The second kappa shape index (κ2) is 6.76. The Morgan fingerprint density at radius 1 is 1.27 bits per heavy atom. The number of nitrogens with one attached hydrogen (secondary N) is 1. The lowest BCUT2D eigenvalue weighted by atomic mass is 10.1. The van der Waals surface area contributed by atoms with Crippen molar-refractivity contribution in [1.29, 1.82) is 0 Å². The maximum atomic E-state index is 4.48. The summed E-state index contributed by atoms with van der Waals surface area (Å²) in [4.78, 5) is 4.48. The van der Waals surface area contributed by atoms with Crippen molar-refractivity contribution in [2.75, 3.05) is 6.54 Å². The molecule has 2 heterocycles. The Morgan fingerprint density at radius 2 is 2.09 bits per heavy atom. The van der Waals surface area contributed by atoms with Crippen molar-refractivity contribution < 1.29 is 0 Å². The second-order valence-electron chi connectivity index (χ2n) is 5.13. The average Bonchev–Trinajstić information content (AvgIpc) is 3.19. The van der Waals surface area contributed by atoms with E-state index >= 15 is 0 Å². The van der Waals surface area contributed by atoms with Crippen LogP contribution in [0.1, 0.15) is 29.2 Å². The topological polar surface area (TPSA) is 68.5 Å².